The number of morpholine rings is 1. The molecule has 2 heterocycles. The molecule has 1 fully saturated rings. The summed E-state index contributed by atoms with van der Waals surface area (Å²) >= 11 is 0. The Morgan fingerprint density at radius 1 is 1.32 bits per heavy atom. The van der Waals surface area contributed by atoms with Gasteiger partial charge in [-0.05, 0) is 24.3 Å². The number of aromatic nitrogens is 3. The van der Waals surface area contributed by atoms with Crippen molar-refractivity contribution in [3.63, 3.8) is 0 Å². The topological polar surface area (TPSA) is 81.1 Å². The van der Waals surface area contributed by atoms with E-state index in [2.05, 4.69) is 20.8 Å². The monoisotopic (exact) mass is 323 g/mol. The third-order valence-electron chi connectivity index (χ3n) is 3.23. The van der Waals surface area contributed by atoms with Crippen molar-refractivity contribution >= 4 is 24.0 Å². The molecule has 1 unspecified atom stereocenters. The first kappa shape index (κ1) is 16.4. The highest BCUT2D eigenvalue weighted by molar-refractivity contribution is 5.91. The first-order valence-corrected chi connectivity index (χ1v) is 6.89. The van der Waals surface area contributed by atoms with E-state index >= 15 is 0 Å². The zero-order chi connectivity index (χ0) is 14.5. The van der Waals surface area contributed by atoms with E-state index in [1.807, 2.05) is 24.3 Å². The van der Waals surface area contributed by atoms with Crippen LogP contribution in [0.25, 0.3) is 5.69 Å². The third-order valence-corrected chi connectivity index (χ3v) is 3.23. The summed E-state index contributed by atoms with van der Waals surface area (Å²) in [5.74, 6) is -0.0250. The smallest absolute Gasteiger partial charge is 0.226 e. The van der Waals surface area contributed by atoms with Gasteiger partial charge in [0.1, 0.15) is 0 Å². The second-order valence-corrected chi connectivity index (χ2v) is 4.84. The molecule has 3 rings (SSSR count). The summed E-state index contributed by atoms with van der Waals surface area (Å²) in [5.41, 5.74) is 1.60. The minimum absolute atomic E-state index is 0. The number of rotatable bonds is 4. The van der Waals surface area contributed by atoms with Gasteiger partial charge >= 0.3 is 0 Å². The quantitative estimate of drug-likeness (QED) is 0.877. The fourth-order valence-electron chi connectivity index (χ4n) is 2.21. The largest absolute Gasteiger partial charge is 0.378 e. The van der Waals surface area contributed by atoms with E-state index in [4.69, 9.17) is 4.74 Å². The van der Waals surface area contributed by atoms with E-state index in [0.29, 0.717) is 19.6 Å². The number of nitrogens with zero attached hydrogens (tertiary/aromatic N) is 3. The van der Waals surface area contributed by atoms with Crippen LogP contribution in [0.15, 0.2) is 36.7 Å². The van der Waals surface area contributed by atoms with Crippen molar-refractivity contribution in [2.45, 2.75) is 12.5 Å². The van der Waals surface area contributed by atoms with Crippen LogP contribution < -0.4 is 10.6 Å². The van der Waals surface area contributed by atoms with Gasteiger partial charge in [-0.25, -0.2) is 0 Å². The normalized spacial score (nSPS) is 17.5. The third kappa shape index (κ3) is 4.27. The molecule has 1 saturated heterocycles. The van der Waals surface area contributed by atoms with E-state index in [1.165, 1.54) is 4.80 Å². The summed E-state index contributed by atoms with van der Waals surface area (Å²) in [7, 11) is 0. The van der Waals surface area contributed by atoms with Crippen molar-refractivity contribution in [3.8, 4) is 5.69 Å². The fourth-order valence-corrected chi connectivity index (χ4v) is 2.21. The maximum atomic E-state index is 12.0. The molecule has 118 valence electrons. The Kier molecular flexibility index (Phi) is 5.88. The summed E-state index contributed by atoms with van der Waals surface area (Å²) in [6.45, 7) is 2.09. The Hall–Kier alpha value is -1.96. The summed E-state index contributed by atoms with van der Waals surface area (Å²) in [6, 6.07) is 7.48. The van der Waals surface area contributed by atoms with Crippen LogP contribution in [0.4, 0.5) is 5.69 Å². The number of ether oxygens (including phenoxy) is 1. The molecule has 1 aromatic heterocycles. The van der Waals surface area contributed by atoms with Gasteiger partial charge in [0.15, 0.2) is 0 Å². The molecule has 0 spiro atoms. The van der Waals surface area contributed by atoms with Gasteiger partial charge in [-0.15, -0.1) is 12.4 Å². The van der Waals surface area contributed by atoms with Crippen molar-refractivity contribution in [1.29, 1.82) is 0 Å². The van der Waals surface area contributed by atoms with Gasteiger partial charge in [0.05, 0.1) is 31.3 Å². The van der Waals surface area contributed by atoms with Crippen molar-refractivity contribution in [2.75, 3.05) is 25.1 Å². The zero-order valence-corrected chi connectivity index (χ0v) is 12.8. The molecule has 1 aromatic carbocycles. The second kappa shape index (κ2) is 7.88. The number of amides is 1. The molecule has 8 heteroatoms. The van der Waals surface area contributed by atoms with Gasteiger partial charge < -0.3 is 15.4 Å². The number of hydrogen-bond acceptors (Lipinski definition) is 5. The Bertz CT molecular complexity index is 582. The molecule has 1 atom stereocenters. The minimum Gasteiger partial charge on any atom is -0.378 e. The zero-order valence-electron chi connectivity index (χ0n) is 11.9. The number of anilines is 1. The summed E-state index contributed by atoms with van der Waals surface area (Å²) < 4.78 is 5.33. The van der Waals surface area contributed by atoms with Gasteiger partial charge in [0.2, 0.25) is 5.91 Å². The lowest BCUT2D eigenvalue weighted by molar-refractivity contribution is -0.117. The standard InChI is InChI=1S/C14H17N5O2.ClH/c20-14(9-12-10-21-8-7-15-12)18-11-1-3-13(4-2-11)19-16-5-6-17-19;/h1-6,12,15H,7-10H2,(H,18,20);1H. The van der Waals surface area contributed by atoms with Crippen LogP contribution in [-0.2, 0) is 9.53 Å². The van der Waals surface area contributed by atoms with Crippen molar-refractivity contribution < 1.29 is 9.53 Å². The van der Waals surface area contributed by atoms with Crippen molar-refractivity contribution in [1.82, 2.24) is 20.3 Å². The SMILES string of the molecule is Cl.O=C(CC1COCCN1)Nc1ccc(-n2nccn2)cc1. The highest BCUT2D eigenvalue weighted by Gasteiger charge is 2.16. The van der Waals surface area contributed by atoms with Gasteiger partial charge in [-0.1, -0.05) is 0 Å². The predicted octanol–water partition coefficient (Wildman–Crippen LogP) is 1.01. The first-order chi connectivity index (χ1) is 10.3. The molecule has 1 aliphatic rings. The highest BCUT2D eigenvalue weighted by Crippen LogP contribution is 2.12. The number of nitrogens with one attached hydrogen (secondary N) is 2. The van der Waals surface area contributed by atoms with Crippen LogP contribution in [0, 0.1) is 0 Å². The molecular weight excluding hydrogens is 306 g/mol. The summed E-state index contributed by atoms with van der Waals surface area (Å²) in [5, 5.41) is 14.2. The van der Waals surface area contributed by atoms with Crippen LogP contribution in [-0.4, -0.2) is 46.7 Å². The van der Waals surface area contributed by atoms with Gasteiger partial charge in [-0.3, -0.25) is 4.79 Å². The summed E-state index contributed by atoms with van der Waals surface area (Å²) in [4.78, 5) is 13.5. The maximum absolute atomic E-state index is 12.0. The van der Waals surface area contributed by atoms with Crippen LogP contribution >= 0.6 is 12.4 Å². The molecular formula is C14H18ClN5O2. The first-order valence-electron chi connectivity index (χ1n) is 6.89. The molecule has 1 aliphatic heterocycles. The number of carbonyl (C=O) groups is 1. The number of halogens is 1. The Labute approximate surface area is 134 Å². The van der Waals surface area contributed by atoms with E-state index in [1.54, 1.807) is 12.4 Å². The van der Waals surface area contributed by atoms with Gasteiger partial charge in [0.25, 0.3) is 0 Å². The Morgan fingerprint density at radius 2 is 2.05 bits per heavy atom. The maximum Gasteiger partial charge on any atom is 0.226 e. The number of carbonyl (C=O) groups excluding carboxylic acids is 1. The lowest BCUT2D eigenvalue weighted by Crippen LogP contribution is -2.43. The highest BCUT2D eigenvalue weighted by atomic mass is 35.5. The molecule has 22 heavy (non-hydrogen) atoms. The number of hydrogen-bond donors (Lipinski definition) is 2. The van der Waals surface area contributed by atoms with Crippen molar-refractivity contribution in [2.24, 2.45) is 0 Å². The molecule has 0 saturated carbocycles. The number of benzene rings is 1. The Morgan fingerprint density at radius 3 is 2.68 bits per heavy atom. The molecule has 2 N–H and O–H groups in total. The average molecular weight is 324 g/mol. The van der Waals surface area contributed by atoms with E-state index in [-0.39, 0.29) is 24.4 Å². The molecule has 0 bridgehead atoms. The fraction of sp³-hybridized carbons (Fsp3) is 0.357. The van der Waals surface area contributed by atoms with Crippen LogP contribution in [0.2, 0.25) is 0 Å². The molecule has 7 nitrogen and oxygen atoms in total. The average Bonchev–Trinajstić information content (AvgIpc) is 3.03. The molecule has 2 aromatic rings. The van der Waals surface area contributed by atoms with E-state index < -0.39 is 0 Å². The molecule has 0 aliphatic carbocycles. The van der Waals surface area contributed by atoms with Crippen LogP contribution in [0.3, 0.4) is 0 Å². The van der Waals surface area contributed by atoms with Gasteiger partial charge in [-0.2, -0.15) is 15.0 Å². The molecule has 1 amide bonds. The van der Waals surface area contributed by atoms with Gasteiger partial charge in [0, 0.05) is 24.7 Å². The van der Waals surface area contributed by atoms with Crippen molar-refractivity contribution in [3.05, 3.63) is 36.7 Å². The lowest BCUT2D eigenvalue weighted by Gasteiger charge is -2.23. The summed E-state index contributed by atoms with van der Waals surface area (Å²) in [6.07, 6.45) is 3.65. The lowest BCUT2D eigenvalue weighted by atomic mass is 10.2. The predicted molar refractivity (Wildman–Crippen MR) is 84.5 cm³/mol. The van der Waals surface area contributed by atoms with E-state index in [0.717, 1.165) is 17.9 Å². The molecule has 0 radical (unpaired) electrons. The second-order valence-electron chi connectivity index (χ2n) is 4.84. The van der Waals surface area contributed by atoms with Crippen LogP contribution in [0.1, 0.15) is 6.42 Å². The van der Waals surface area contributed by atoms with Crippen LogP contribution in [0.5, 0.6) is 0 Å². The Balaban J connectivity index is 0.00000176. The minimum atomic E-state index is -0.0250. The van der Waals surface area contributed by atoms with E-state index in [9.17, 15) is 4.79 Å².